The second-order valence-corrected chi connectivity index (χ2v) is 15.6. The zero-order valence-corrected chi connectivity index (χ0v) is 39.4. The van der Waals surface area contributed by atoms with E-state index in [-0.39, 0.29) is 32.2 Å². The molecule has 0 atom stereocenters. The first-order chi connectivity index (χ1) is 27.2. The van der Waals surface area contributed by atoms with Crippen molar-refractivity contribution < 1.29 is 23.3 Å². The van der Waals surface area contributed by atoms with Gasteiger partial charge in [-0.15, -0.1) is 93.9 Å². The molecule has 0 spiro atoms. The minimum absolute atomic E-state index is 0. The van der Waals surface area contributed by atoms with Crippen molar-refractivity contribution in [1.29, 1.82) is 0 Å². The van der Waals surface area contributed by atoms with Crippen LogP contribution in [0.2, 0.25) is 0 Å². The molecule has 0 aromatic heterocycles. The Labute approximate surface area is 378 Å². The third-order valence-electron chi connectivity index (χ3n) is 11.8. The standard InChI is InChI=1S/2C25H23.C3H7.CH3.2ClH.Si.Zr/c2*1-2-8-18(7-1)15-19-16-21-11-6-14-24(25(21)17-19)23-13-5-10-20-9-3-4-12-22(20)23;1-3-2;;;;;/h2*3-6,9-14,16-18H,1-2,7-8,15H2;1,3H2,2H3;1H3;2*1H;;/q4*-1;;;;. The van der Waals surface area contributed by atoms with E-state index in [1.165, 1.54) is 164 Å². The van der Waals surface area contributed by atoms with Crippen molar-refractivity contribution in [1.82, 2.24) is 0 Å². The molecule has 2 aliphatic carbocycles. The molecule has 0 bridgehead atoms. The Balaban J connectivity index is 0.000000221. The summed E-state index contributed by atoms with van der Waals surface area (Å²) in [5.41, 5.74) is 8.48. The molecule has 0 N–H and O–H groups in total. The normalized spacial score (nSPS) is 13.6. The van der Waals surface area contributed by atoms with Gasteiger partial charge >= 0.3 is 30.2 Å². The molecule has 58 heavy (non-hydrogen) atoms. The number of fused-ring (bicyclic) bond motifs is 4. The van der Waals surface area contributed by atoms with Crippen LogP contribution in [0.3, 0.4) is 0 Å². The molecule has 300 valence electrons. The van der Waals surface area contributed by atoms with Crippen LogP contribution in [0.5, 0.6) is 0 Å². The van der Waals surface area contributed by atoms with Gasteiger partial charge in [-0.2, -0.15) is 18.6 Å². The van der Waals surface area contributed by atoms with E-state index in [1.54, 1.807) is 0 Å². The van der Waals surface area contributed by atoms with Crippen molar-refractivity contribution in [3.8, 4) is 22.3 Å². The fourth-order valence-corrected chi connectivity index (χ4v) is 9.32. The fraction of sp³-hybridized carbons (Fsp3) is 0.259. The first-order valence-corrected chi connectivity index (χ1v) is 24.7. The minimum atomic E-state index is 0. The SMILES string of the molecule is Cl.Cl.[CH2-]CC.[CH3-].[Si]=[Zr].c1ccc2c(-c3cccc4[cH-]c(CC5CCCC5)cc34)cccc2c1.c1ccc2c(-c3cccc4[cH-]c(CC5CCCC5)cc34)cccc2c1. The van der Waals surface area contributed by atoms with Gasteiger partial charge in [0.15, 0.2) is 0 Å². The van der Waals surface area contributed by atoms with Crippen LogP contribution in [0.1, 0.15) is 75.8 Å². The van der Waals surface area contributed by atoms with Gasteiger partial charge in [0.25, 0.3) is 0 Å². The summed E-state index contributed by atoms with van der Waals surface area (Å²) in [5, 5.41) is 10.9. The molecular weight excluding hydrogens is 839 g/mol. The molecule has 8 aromatic rings. The summed E-state index contributed by atoms with van der Waals surface area (Å²) in [4.78, 5) is 0. The van der Waals surface area contributed by atoms with Gasteiger partial charge in [-0.1, -0.05) is 166 Å². The van der Waals surface area contributed by atoms with Crippen molar-refractivity contribution >= 4 is 74.8 Å². The number of hydrogen-bond donors (Lipinski definition) is 0. The molecule has 2 radical (unpaired) electrons. The molecule has 2 fully saturated rings. The molecule has 0 nitrogen and oxygen atoms in total. The smallest absolute Gasteiger partial charge is 0.0114 e. The van der Waals surface area contributed by atoms with Gasteiger partial charge in [0.2, 0.25) is 0 Å². The summed E-state index contributed by atoms with van der Waals surface area (Å²) in [5.74, 6) is 1.80. The zero-order valence-electron chi connectivity index (χ0n) is 34.3. The minimum Gasteiger partial charge on any atom is -0.164 e. The molecule has 4 heteroatoms. The van der Waals surface area contributed by atoms with Crippen LogP contribution in [-0.4, -0.2) is 6.88 Å². The third-order valence-corrected chi connectivity index (χ3v) is 11.8. The van der Waals surface area contributed by atoms with Gasteiger partial charge in [-0.05, 0) is 57.3 Å². The van der Waals surface area contributed by atoms with Crippen LogP contribution in [0.25, 0.3) is 65.3 Å². The van der Waals surface area contributed by atoms with Gasteiger partial charge < -0.3 is 14.4 Å². The summed E-state index contributed by atoms with van der Waals surface area (Å²) in [7, 11) is 0. The van der Waals surface area contributed by atoms with Crippen molar-refractivity contribution in [2.45, 2.75) is 77.6 Å². The molecular formula is C54H58Cl2SiZr-4. The Bertz CT molecular complexity index is 2280. The van der Waals surface area contributed by atoms with Crippen LogP contribution < -0.4 is 0 Å². The van der Waals surface area contributed by atoms with Crippen molar-refractivity contribution in [2.24, 2.45) is 11.8 Å². The van der Waals surface area contributed by atoms with Crippen molar-refractivity contribution in [2.75, 3.05) is 0 Å². The van der Waals surface area contributed by atoms with Gasteiger partial charge in [0, 0.05) is 0 Å². The Morgan fingerprint density at radius 3 is 1.19 bits per heavy atom. The van der Waals surface area contributed by atoms with Gasteiger partial charge in [0.1, 0.15) is 0 Å². The van der Waals surface area contributed by atoms with E-state index < -0.39 is 0 Å². The Morgan fingerprint density at radius 2 is 0.810 bits per heavy atom. The zero-order chi connectivity index (χ0) is 38.0. The summed E-state index contributed by atoms with van der Waals surface area (Å²) in [6, 6.07) is 54.0. The van der Waals surface area contributed by atoms with E-state index in [9.17, 15) is 0 Å². The Hall–Kier alpha value is -3.26. The Kier molecular flexibility index (Phi) is 19.2. The maximum Gasteiger partial charge on any atom is -0.0114 e. The summed E-state index contributed by atoms with van der Waals surface area (Å²) < 4.78 is 0. The summed E-state index contributed by atoms with van der Waals surface area (Å²) in [6.45, 7) is 8.56. The average molecular weight is 897 g/mol. The van der Waals surface area contributed by atoms with E-state index in [2.05, 4.69) is 159 Å². The second kappa shape index (κ2) is 23.5. The molecule has 0 saturated heterocycles. The van der Waals surface area contributed by atoms with Gasteiger partial charge in [-0.3, -0.25) is 0 Å². The quantitative estimate of drug-likeness (QED) is 0.115. The average Bonchev–Trinajstić information content (AvgIpc) is 4.07. The first-order valence-electron chi connectivity index (χ1n) is 20.6. The molecule has 2 saturated carbocycles. The number of rotatable bonds is 6. The predicted molar refractivity (Wildman–Crippen MR) is 259 cm³/mol. The van der Waals surface area contributed by atoms with Crippen LogP contribution in [0, 0.1) is 26.2 Å². The molecule has 2 aliphatic rings. The molecule has 8 aromatic carbocycles. The first kappa shape index (κ1) is 47.4. The molecule has 0 heterocycles. The molecule has 0 aliphatic heterocycles. The van der Waals surface area contributed by atoms with Crippen molar-refractivity contribution in [3.63, 3.8) is 0 Å². The summed E-state index contributed by atoms with van der Waals surface area (Å²) >= 11 is 1.36. The largest absolute Gasteiger partial charge is 0.164 e. The maximum atomic E-state index is 3.49. The second-order valence-electron chi connectivity index (χ2n) is 15.6. The van der Waals surface area contributed by atoms with Crippen molar-refractivity contribution in [3.05, 3.63) is 171 Å². The van der Waals surface area contributed by atoms with Crippen LogP contribution in [0.15, 0.2) is 146 Å². The van der Waals surface area contributed by atoms with E-state index >= 15 is 0 Å². The van der Waals surface area contributed by atoms with E-state index in [0.29, 0.717) is 0 Å². The van der Waals surface area contributed by atoms with Gasteiger partial charge in [-0.25, -0.2) is 0 Å². The molecule has 0 amide bonds. The fourth-order valence-electron chi connectivity index (χ4n) is 9.32. The topological polar surface area (TPSA) is 0 Å². The number of hydrogen-bond acceptors (Lipinski definition) is 0. The third kappa shape index (κ3) is 11.1. The Morgan fingerprint density at radius 1 is 0.500 bits per heavy atom. The monoisotopic (exact) mass is 894 g/mol. The van der Waals surface area contributed by atoms with E-state index in [1.807, 2.05) is 6.92 Å². The number of benzene rings is 6. The number of halogens is 2. The van der Waals surface area contributed by atoms with Crippen LogP contribution >= 0.6 is 24.8 Å². The van der Waals surface area contributed by atoms with E-state index in [0.717, 1.165) is 18.3 Å². The maximum absolute atomic E-state index is 3.49. The van der Waals surface area contributed by atoms with Crippen LogP contribution in [0.4, 0.5) is 0 Å². The molecule has 10 rings (SSSR count). The van der Waals surface area contributed by atoms with E-state index in [4.69, 9.17) is 0 Å². The molecule has 0 unspecified atom stereocenters. The van der Waals surface area contributed by atoms with Crippen LogP contribution in [-0.2, 0) is 36.2 Å². The van der Waals surface area contributed by atoms with Gasteiger partial charge in [0.05, 0.1) is 0 Å². The summed E-state index contributed by atoms with van der Waals surface area (Å²) in [6.07, 6.45) is 14.9. The predicted octanol–water partition coefficient (Wildman–Crippen LogP) is 16.4.